The lowest BCUT2D eigenvalue weighted by atomic mass is 9.76. The van der Waals surface area contributed by atoms with E-state index in [-0.39, 0.29) is 0 Å². The van der Waals surface area contributed by atoms with Gasteiger partial charge in [-0.25, -0.2) is 4.99 Å². The van der Waals surface area contributed by atoms with Gasteiger partial charge < -0.3 is 11.1 Å². The second kappa shape index (κ2) is 6.11. The Kier molecular flexibility index (Phi) is 4.48. The standard InChI is InChI=1S/C15H20ClN3/c1-10(2)9-18-15(17)19-14-7-12(8-14)11-3-5-13(16)6-4-11/h3-6,12,14H,1,7-9H2,2H3,(H3,17,18,19). The molecule has 0 aromatic heterocycles. The number of rotatable bonds is 4. The number of halogens is 1. The Balaban J connectivity index is 1.78. The normalized spacial score (nSPS) is 22.7. The molecule has 1 aromatic carbocycles. The van der Waals surface area contributed by atoms with Gasteiger partial charge in [0, 0.05) is 11.1 Å². The number of benzene rings is 1. The first-order valence-electron chi connectivity index (χ1n) is 6.51. The molecule has 0 radical (unpaired) electrons. The first-order valence-corrected chi connectivity index (χ1v) is 6.88. The molecule has 0 aliphatic heterocycles. The summed E-state index contributed by atoms with van der Waals surface area (Å²) in [6.07, 6.45) is 2.18. The van der Waals surface area contributed by atoms with E-state index in [1.54, 1.807) is 0 Å². The van der Waals surface area contributed by atoms with Crippen LogP contribution in [0, 0.1) is 0 Å². The maximum Gasteiger partial charge on any atom is 0.189 e. The van der Waals surface area contributed by atoms with E-state index in [1.165, 1.54) is 5.56 Å². The Morgan fingerprint density at radius 3 is 2.63 bits per heavy atom. The molecule has 1 saturated carbocycles. The Hall–Kier alpha value is -1.48. The van der Waals surface area contributed by atoms with Crippen LogP contribution in [0.15, 0.2) is 41.4 Å². The molecule has 0 bridgehead atoms. The van der Waals surface area contributed by atoms with E-state index >= 15 is 0 Å². The maximum absolute atomic E-state index is 5.88. The number of hydrogen-bond acceptors (Lipinski definition) is 1. The minimum atomic E-state index is 0.426. The second-order valence-corrected chi connectivity index (χ2v) is 5.66. The molecule has 0 spiro atoms. The largest absolute Gasteiger partial charge is 0.370 e. The molecule has 0 unspecified atom stereocenters. The molecule has 1 fully saturated rings. The number of nitrogens with two attached hydrogens (primary N) is 1. The van der Waals surface area contributed by atoms with Gasteiger partial charge in [0.1, 0.15) is 0 Å². The smallest absolute Gasteiger partial charge is 0.189 e. The van der Waals surface area contributed by atoms with Gasteiger partial charge in [0.2, 0.25) is 0 Å². The van der Waals surface area contributed by atoms with E-state index in [9.17, 15) is 0 Å². The van der Waals surface area contributed by atoms with Crippen molar-refractivity contribution in [2.45, 2.75) is 31.7 Å². The molecule has 3 nitrogen and oxygen atoms in total. The van der Waals surface area contributed by atoms with Crippen LogP contribution >= 0.6 is 11.6 Å². The zero-order valence-corrected chi connectivity index (χ0v) is 12.0. The number of nitrogens with zero attached hydrogens (tertiary/aromatic N) is 1. The summed E-state index contributed by atoms with van der Waals surface area (Å²) in [5, 5.41) is 4.03. The quantitative estimate of drug-likeness (QED) is 0.505. The van der Waals surface area contributed by atoms with E-state index in [2.05, 4.69) is 29.0 Å². The first-order chi connectivity index (χ1) is 9.04. The predicted octanol–water partition coefficient (Wildman–Crippen LogP) is 3.07. The average Bonchev–Trinajstić information content (AvgIpc) is 2.32. The minimum Gasteiger partial charge on any atom is -0.370 e. The summed E-state index contributed by atoms with van der Waals surface area (Å²) in [6.45, 7) is 6.33. The molecule has 0 heterocycles. The van der Waals surface area contributed by atoms with Crippen LogP contribution < -0.4 is 11.1 Å². The number of guanidine groups is 1. The highest BCUT2D eigenvalue weighted by Crippen LogP contribution is 2.37. The molecule has 0 amide bonds. The highest BCUT2D eigenvalue weighted by Gasteiger charge is 2.30. The van der Waals surface area contributed by atoms with Gasteiger partial charge in [0.05, 0.1) is 6.54 Å². The summed E-state index contributed by atoms with van der Waals surface area (Å²) in [5.41, 5.74) is 8.18. The zero-order valence-electron chi connectivity index (χ0n) is 11.2. The van der Waals surface area contributed by atoms with Gasteiger partial charge in [0.15, 0.2) is 5.96 Å². The van der Waals surface area contributed by atoms with E-state index in [0.717, 1.165) is 23.4 Å². The predicted molar refractivity (Wildman–Crippen MR) is 81.7 cm³/mol. The number of aliphatic imine (C=N–C) groups is 1. The molecular weight excluding hydrogens is 258 g/mol. The maximum atomic E-state index is 5.88. The van der Waals surface area contributed by atoms with Crippen molar-refractivity contribution in [3.05, 3.63) is 47.0 Å². The Morgan fingerprint density at radius 2 is 2.05 bits per heavy atom. The van der Waals surface area contributed by atoms with E-state index in [1.807, 2.05) is 19.1 Å². The molecular formula is C15H20ClN3. The van der Waals surface area contributed by atoms with Gasteiger partial charge in [-0.15, -0.1) is 0 Å². The molecule has 102 valence electrons. The van der Waals surface area contributed by atoms with Crippen molar-refractivity contribution in [2.75, 3.05) is 6.54 Å². The molecule has 1 aliphatic carbocycles. The van der Waals surface area contributed by atoms with Crippen molar-refractivity contribution in [2.24, 2.45) is 10.7 Å². The molecule has 1 aromatic rings. The lowest BCUT2D eigenvalue weighted by Crippen LogP contribution is -2.46. The van der Waals surface area contributed by atoms with Gasteiger partial charge in [-0.1, -0.05) is 35.9 Å². The van der Waals surface area contributed by atoms with E-state index < -0.39 is 0 Å². The van der Waals surface area contributed by atoms with Crippen LogP contribution in [-0.2, 0) is 0 Å². The summed E-state index contributed by atoms with van der Waals surface area (Å²) in [7, 11) is 0. The molecule has 19 heavy (non-hydrogen) atoms. The van der Waals surface area contributed by atoms with Gasteiger partial charge in [-0.05, 0) is 43.4 Å². The van der Waals surface area contributed by atoms with Gasteiger partial charge in [-0.2, -0.15) is 0 Å². The van der Waals surface area contributed by atoms with Crippen LogP contribution in [-0.4, -0.2) is 18.5 Å². The fourth-order valence-corrected chi connectivity index (χ4v) is 2.34. The van der Waals surface area contributed by atoms with Gasteiger partial charge in [-0.3, -0.25) is 0 Å². The van der Waals surface area contributed by atoms with Crippen molar-refractivity contribution in [3.63, 3.8) is 0 Å². The molecule has 0 atom stereocenters. The van der Waals surface area contributed by atoms with Crippen LogP contribution in [0.4, 0.5) is 0 Å². The second-order valence-electron chi connectivity index (χ2n) is 5.22. The zero-order chi connectivity index (χ0) is 13.8. The Morgan fingerprint density at radius 1 is 1.42 bits per heavy atom. The fraction of sp³-hybridized carbons (Fsp3) is 0.400. The molecule has 4 heteroatoms. The Labute approximate surface area is 119 Å². The third-order valence-electron chi connectivity index (χ3n) is 3.35. The third kappa shape index (κ3) is 4.00. The Bertz CT molecular complexity index is 473. The van der Waals surface area contributed by atoms with E-state index in [0.29, 0.717) is 24.5 Å². The summed E-state index contributed by atoms with van der Waals surface area (Å²) in [4.78, 5) is 4.22. The highest BCUT2D eigenvalue weighted by atomic mass is 35.5. The van der Waals surface area contributed by atoms with Crippen molar-refractivity contribution in [1.82, 2.24) is 5.32 Å². The SMILES string of the molecule is C=C(C)CN=C(N)NC1CC(c2ccc(Cl)cc2)C1. The van der Waals surface area contributed by atoms with Gasteiger partial charge in [0.25, 0.3) is 0 Å². The van der Waals surface area contributed by atoms with Crippen LogP contribution in [0.3, 0.4) is 0 Å². The topological polar surface area (TPSA) is 50.4 Å². The van der Waals surface area contributed by atoms with Crippen LogP contribution in [0.2, 0.25) is 5.02 Å². The van der Waals surface area contributed by atoms with Crippen molar-refractivity contribution in [1.29, 1.82) is 0 Å². The average molecular weight is 278 g/mol. The van der Waals surface area contributed by atoms with Crippen molar-refractivity contribution >= 4 is 17.6 Å². The summed E-state index contributed by atoms with van der Waals surface area (Å²) in [5.74, 6) is 1.12. The van der Waals surface area contributed by atoms with Crippen molar-refractivity contribution in [3.8, 4) is 0 Å². The lowest BCUT2D eigenvalue weighted by molar-refractivity contribution is 0.323. The summed E-state index contributed by atoms with van der Waals surface area (Å²) in [6, 6.07) is 8.51. The molecule has 0 saturated heterocycles. The van der Waals surface area contributed by atoms with Crippen LogP contribution in [0.5, 0.6) is 0 Å². The minimum absolute atomic E-state index is 0.426. The monoisotopic (exact) mass is 277 g/mol. The fourth-order valence-electron chi connectivity index (χ4n) is 2.22. The van der Waals surface area contributed by atoms with E-state index in [4.69, 9.17) is 17.3 Å². The number of hydrogen-bond donors (Lipinski definition) is 2. The first kappa shape index (κ1) is 13.9. The van der Waals surface area contributed by atoms with Crippen LogP contribution in [0.25, 0.3) is 0 Å². The lowest BCUT2D eigenvalue weighted by Gasteiger charge is -2.36. The highest BCUT2D eigenvalue weighted by molar-refractivity contribution is 6.30. The number of nitrogens with one attached hydrogen (secondary N) is 1. The molecule has 1 aliphatic rings. The third-order valence-corrected chi connectivity index (χ3v) is 3.60. The molecule has 3 N–H and O–H groups in total. The molecule has 2 rings (SSSR count). The summed E-state index contributed by atoms with van der Waals surface area (Å²) >= 11 is 5.88. The van der Waals surface area contributed by atoms with Crippen molar-refractivity contribution < 1.29 is 0 Å². The van der Waals surface area contributed by atoms with Gasteiger partial charge >= 0.3 is 0 Å². The van der Waals surface area contributed by atoms with Crippen LogP contribution in [0.1, 0.15) is 31.2 Å². The summed E-state index contributed by atoms with van der Waals surface area (Å²) < 4.78 is 0.